The van der Waals surface area contributed by atoms with Crippen molar-refractivity contribution in [3.8, 4) is 0 Å². The van der Waals surface area contributed by atoms with Crippen molar-refractivity contribution in [2.75, 3.05) is 7.05 Å². The molecular weight excluding hydrogens is 148 g/mol. The van der Waals surface area contributed by atoms with Gasteiger partial charge >= 0.3 is 0 Å². The zero-order valence-electron chi connectivity index (χ0n) is 7.62. The topological polar surface area (TPSA) is 15.6 Å². The van der Waals surface area contributed by atoms with Gasteiger partial charge in [-0.1, -0.05) is 18.2 Å². The standard InChI is InChI=1S/C10H14N2/c1-9-5-4-6-11-8-12(3)10(2)7-9/h4,6-8H,2,5H2,1,3H3/b6-4-,9-7+,11-8-. The molecule has 0 N–H and O–H groups in total. The minimum absolute atomic E-state index is 0.949. The third-order valence-electron chi connectivity index (χ3n) is 1.74. The van der Waals surface area contributed by atoms with Crippen LogP contribution in [0.2, 0.25) is 0 Å². The molecule has 0 saturated carbocycles. The van der Waals surface area contributed by atoms with Crippen molar-refractivity contribution < 1.29 is 0 Å². The van der Waals surface area contributed by atoms with E-state index in [1.165, 1.54) is 5.57 Å². The van der Waals surface area contributed by atoms with Crippen LogP contribution >= 0.6 is 0 Å². The van der Waals surface area contributed by atoms with Gasteiger partial charge in [-0.25, -0.2) is 4.99 Å². The SMILES string of the molecule is C=C1/C=C(\C)C/C=C\N=C/N1C. The molecule has 0 aromatic rings. The monoisotopic (exact) mass is 162 g/mol. The molecule has 1 heterocycles. The Hall–Kier alpha value is -1.31. The van der Waals surface area contributed by atoms with Crippen molar-refractivity contribution in [1.82, 2.24) is 4.90 Å². The van der Waals surface area contributed by atoms with E-state index in [4.69, 9.17) is 0 Å². The van der Waals surface area contributed by atoms with Gasteiger partial charge in [-0.2, -0.15) is 0 Å². The second kappa shape index (κ2) is 3.90. The Bertz CT molecular complexity index is 259. The molecule has 0 aromatic carbocycles. The first kappa shape index (κ1) is 8.78. The van der Waals surface area contributed by atoms with Crippen molar-refractivity contribution in [1.29, 1.82) is 0 Å². The third-order valence-corrected chi connectivity index (χ3v) is 1.74. The molecule has 2 heteroatoms. The molecule has 1 aliphatic heterocycles. The first-order chi connectivity index (χ1) is 5.70. The van der Waals surface area contributed by atoms with Crippen LogP contribution in [0.3, 0.4) is 0 Å². The maximum atomic E-state index is 4.08. The Balaban J connectivity index is 2.85. The van der Waals surface area contributed by atoms with Crippen LogP contribution in [0.4, 0.5) is 0 Å². The Morgan fingerprint density at radius 2 is 2.33 bits per heavy atom. The van der Waals surface area contributed by atoms with Gasteiger partial charge in [0, 0.05) is 18.9 Å². The first-order valence-electron chi connectivity index (χ1n) is 3.97. The van der Waals surface area contributed by atoms with Gasteiger partial charge in [-0.15, -0.1) is 0 Å². The van der Waals surface area contributed by atoms with Gasteiger partial charge in [0.05, 0.1) is 6.34 Å². The van der Waals surface area contributed by atoms with Crippen LogP contribution in [0.1, 0.15) is 13.3 Å². The molecule has 0 radical (unpaired) electrons. The smallest absolute Gasteiger partial charge is 0.0946 e. The van der Waals surface area contributed by atoms with Gasteiger partial charge in [-0.05, 0) is 19.4 Å². The predicted octanol–water partition coefficient (Wildman–Crippen LogP) is 2.32. The number of allylic oxidation sites excluding steroid dienone is 3. The molecule has 0 saturated heterocycles. The van der Waals surface area contributed by atoms with Crippen molar-refractivity contribution >= 4 is 6.34 Å². The molecule has 0 atom stereocenters. The summed E-state index contributed by atoms with van der Waals surface area (Å²) >= 11 is 0. The van der Waals surface area contributed by atoms with E-state index in [1.807, 2.05) is 24.2 Å². The second-order valence-corrected chi connectivity index (χ2v) is 2.95. The molecule has 1 aliphatic rings. The molecule has 2 nitrogen and oxygen atoms in total. The van der Waals surface area contributed by atoms with Crippen LogP contribution in [0.5, 0.6) is 0 Å². The highest BCUT2D eigenvalue weighted by Crippen LogP contribution is 2.08. The van der Waals surface area contributed by atoms with E-state index < -0.39 is 0 Å². The quantitative estimate of drug-likeness (QED) is 0.533. The molecule has 0 amide bonds. The molecule has 64 valence electrons. The van der Waals surface area contributed by atoms with Crippen LogP contribution in [-0.4, -0.2) is 18.3 Å². The molecule has 0 fully saturated rings. The van der Waals surface area contributed by atoms with Gasteiger partial charge < -0.3 is 4.90 Å². The van der Waals surface area contributed by atoms with E-state index in [0.29, 0.717) is 0 Å². The molecular formula is C10H14N2. The summed E-state index contributed by atoms with van der Waals surface area (Å²) in [5.74, 6) is 0. The predicted molar refractivity (Wildman–Crippen MR) is 52.9 cm³/mol. The van der Waals surface area contributed by atoms with E-state index in [9.17, 15) is 0 Å². The van der Waals surface area contributed by atoms with Gasteiger partial charge in [0.25, 0.3) is 0 Å². The van der Waals surface area contributed by atoms with Crippen molar-refractivity contribution in [3.05, 3.63) is 36.2 Å². The number of nitrogens with zero attached hydrogens (tertiary/aromatic N) is 2. The van der Waals surface area contributed by atoms with Crippen molar-refractivity contribution in [3.63, 3.8) is 0 Å². The van der Waals surface area contributed by atoms with E-state index >= 15 is 0 Å². The van der Waals surface area contributed by atoms with Crippen LogP contribution < -0.4 is 0 Å². The summed E-state index contributed by atoms with van der Waals surface area (Å²) in [6.07, 6.45) is 8.63. The molecule has 0 spiro atoms. The molecule has 0 aromatic heterocycles. The summed E-state index contributed by atoms with van der Waals surface area (Å²) in [7, 11) is 1.94. The molecule has 0 aliphatic carbocycles. The van der Waals surface area contributed by atoms with Gasteiger partial charge in [-0.3, -0.25) is 0 Å². The highest BCUT2D eigenvalue weighted by molar-refractivity contribution is 5.59. The van der Waals surface area contributed by atoms with Crippen LogP contribution in [-0.2, 0) is 0 Å². The van der Waals surface area contributed by atoms with Crippen molar-refractivity contribution in [2.24, 2.45) is 4.99 Å². The number of likely N-dealkylation sites (N-methyl/N-ethyl adjacent to an activating group) is 1. The van der Waals surface area contributed by atoms with Crippen LogP contribution in [0.25, 0.3) is 0 Å². The first-order valence-corrected chi connectivity index (χ1v) is 3.97. The highest BCUT2D eigenvalue weighted by atomic mass is 15.1. The largest absolute Gasteiger partial charge is 0.336 e. The molecule has 12 heavy (non-hydrogen) atoms. The Morgan fingerprint density at radius 1 is 1.58 bits per heavy atom. The summed E-state index contributed by atoms with van der Waals surface area (Å²) in [6, 6.07) is 0. The zero-order chi connectivity index (χ0) is 8.97. The summed E-state index contributed by atoms with van der Waals surface area (Å²) in [6.45, 7) is 6.01. The fourth-order valence-corrected chi connectivity index (χ4v) is 0.957. The summed E-state index contributed by atoms with van der Waals surface area (Å²) in [5.41, 5.74) is 2.27. The van der Waals surface area contributed by atoms with Crippen LogP contribution in [0.15, 0.2) is 41.2 Å². The van der Waals surface area contributed by atoms with E-state index in [-0.39, 0.29) is 0 Å². The van der Waals surface area contributed by atoms with Gasteiger partial charge in [0.1, 0.15) is 0 Å². The highest BCUT2D eigenvalue weighted by Gasteiger charge is 1.96. The Labute approximate surface area is 73.6 Å². The molecule has 0 bridgehead atoms. The Kier molecular flexibility index (Phi) is 2.86. The summed E-state index contributed by atoms with van der Waals surface area (Å²) in [5, 5.41) is 0. The van der Waals surface area contributed by atoms with E-state index in [2.05, 4.69) is 24.6 Å². The number of hydrogen-bond donors (Lipinski definition) is 0. The maximum absolute atomic E-state index is 4.08. The van der Waals surface area contributed by atoms with Crippen molar-refractivity contribution in [2.45, 2.75) is 13.3 Å². The molecule has 1 rings (SSSR count). The van der Waals surface area contributed by atoms with Crippen LogP contribution in [0, 0.1) is 0 Å². The van der Waals surface area contributed by atoms with Gasteiger partial charge in [0.2, 0.25) is 0 Å². The average Bonchev–Trinajstić information content (AvgIpc) is 2.07. The normalized spacial score (nSPS) is 28.0. The number of rotatable bonds is 0. The lowest BCUT2D eigenvalue weighted by Gasteiger charge is -2.12. The number of hydrogen-bond acceptors (Lipinski definition) is 2. The lowest BCUT2D eigenvalue weighted by molar-refractivity contribution is 0.670. The maximum Gasteiger partial charge on any atom is 0.0946 e. The third kappa shape index (κ3) is 2.38. The zero-order valence-corrected chi connectivity index (χ0v) is 7.62. The average molecular weight is 162 g/mol. The van der Waals surface area contributed by atoms with E-state index in [0.717, 1.165) is 12.1 Å². The van der Waals surface area contributed by atoms with Gasteiger partial charge in [0.15, 0.2) is 0 Å². The summed E-state index contributed by atoms with van der Waals surface area (Å²) in [4.78, 5) is 5.98. The second-order valence-electron chi connectivity index (χ2n) is 2.95. The lowest BCUT2D eigenvalue weighted by Crippen LogP contribution is -2.12. The number of aliphatic imine (C=N–C) groups is 1. The Morgan fingerprint density at radius 3 is 3.08 bits per heavy atom. The fraction of sp³-hybridized carbons (Fsp3) is 0.300. The lowest BCUT2D eigenvalue weighted by atomic mass is 10.2. The van der Waals surface area contributed by atoms with E-state index in [1.54, 1.807) is 6.34 Å². The summed E-state index contributed by atoms with van der Waals surface area (Å²) < 4.78 is 0. The minimum Gasteiger partial charge on any atom is -0.336 e. The fourth-order valence-electron chi connectivity index (χ4n) is 0.957. The minimum atomic E-state index is 0.949. The molecule has 0 unspecified atom stereocenters.